The highest BCUT2D eigenvalue weighted by Gasteiger charge is 2.42. The molecule has 0 radical (unpaired) electrons. The third-order valence-corrected chi connectivity index (χ3v) is 4.88. The van der Waals surface area contributed by atoms with Crippen molar-refractivity contribution in [1.82, 2.24) is 14.8 Å². The van der Waals surface area contributed by atoms with Gasteiger partial charge in [0.25, 0.3) is 0 Å². The minimum Gasteiger partial charge on any atom is -0.472 e. The van der Waals surface area contributed by atoms with E-state index in [1.807, 2.05) is 24.7 Å². The normalized spacial score (nSPS) is 26.3. The van der Waals surface area contributed by atoms with Gasteiger partial charge in [-0.2, -0.15) is 0 Å². The second kappa shape index (κ2) is 5.62. The van der Waals surface area contributed by atoms with Crippen molar-refractivity contribution in [3.05, 3.63) is 54.2 Å². The van der Waals surface area contributed by atoms with Gasteiger partial charge in [-0.1, -0.05) is 6.07 Å². The highest BCUT2D eigenvalue weighted by molar-refractivity contribution is 5.12. The fourth-order valence-corrected chi connectivity index (χ4v) is 3.90. The molecule has 0 spiro atoms. The predicted molar refractivity (Wildman–Crippen MR) is 80.6 cm³/mol. The summed E-state index contributed by atoms with van der Waals surface area (Å²) in [5.74, 6) is 0. The summed E-state index contributed by atoms with van der Waals surface area (Å²) >= 11 is 0. The third kappa shape index (κ3) is 2.61. The van der Waals surface area contributed by atoms with E-state index in [-0.39, 0.29) is 0 Å². The Bertz CT molecular complexity index is 569. The van der Waals surface area contributed by atoms with Crippen LogP contribution in [0.4, 0.5) is 0 Å². The zero-order valence-electron chi connectivity index (χ0n) is 12.2. The monoisotopic (exact) mass is 283 g/mol. The fraction of sp³-hybridized carbons (Fsp3) is 0.471. The average Bonchev–Trinajstić information content (AvgIpc) is 3.21. The molecule has 110 valence electrons. The first-order valence-electron chi connectivity index (χ1n) is 7.78. The van der Waals surface area contributed by atoms with E-state index in [1.165, 1.54) is 37.1 Å². The van der Waals surface area contributed by atoms with Crippen molar-refractivity contribution in [2.75, 3.05) is 13.1 Å². The molecule has 0 aliphatic carbocycles. The molecule has 0 amide bonds. The van der Waals surface area contributed by atoms with Crippen LogP contribution in [0.5, 0.6) is 0 Å². The Labute approximate surface area is 125 Å². The maximum absolute atomic E-state index is 5.19. The van der Waals surface area contributed by atoms with Gasteiger partial charge >= 0.3 is 0 Å². The molecule has 4 heterocycles. The molecule has 21 heavy (non-hydrogen) atoms. The van der Waals surface area contributed by atoms with Gasteiger partial charge in [-0.05, 0) is 30.5 Å². The van der Waals surface area contributed by atoms with Crippen LogP contribution in [0.2, 0.25) is 0 Å². The maximum atomic E-state index is 5.19. The number of fused-ring (bicyclic) bond motifs is 1. The molecule has 4 rings (SSSR count). The smallest absolute Gasteiger partial charge is 0.0947 e. The van der Waals surface area contributed by atoms with E-state index in [2.05, 4.69) is 26.9 Å². The number of likely N-dealkylation sites (tertiary alicyclic amines) is 2. The number of aromatic nitrogens is 1. The molecule has 4 nitrogen and oxygen atoms in total. The van der Waals surface area contributed by atoms with Crippen LogP contribution in [0.25, 0.3) is 0 Å². The SMILES string of the molecule is c1cncc(CN2CC[C@H]3[C@@H]2CCN3Cc2ccoc2)c1. The van der Waals surface area contributed by atoms with Gasteiger partial charge in [0, 0.05) is 56.2 Å². The summed E-state index contributed by atoms with van der Waals surface area (Å²) in [6.07, 6.45) is 10.0. The molecule has 0 unspecified atom stereocenters. The predicted octanol–water partition coefficient (Wildman–Crippen LogP) is 2.52. The molecule has 0 saturated carbocycles. The lowest BCUT2D eigenvalue weighted by Gasteiger charge is -2.25. The minimum atomic E-state index is 0.705. The molecular formula is C17H21N3O. The Hall–Kier alpha value is -1.65. The van der Waals surface area contributed by atoms with Gasteiger partial charge in [-0.25, -0.2) is 0 Å². The first-order chi connectivity index (χ1) is 10.4. The highest BCUT2D eigenvalue weighted by atomic mass is 16.3. The molecule has 2 fully saturated rings. The number of hydrogen-bond acceptors (Lipinski definition) is 4. The summed E-state index contributed by atoms with van der Waals surface area (Å²) in [6.45, 7) is 4.46. The van der Waals surface area contributed by atoms with E-state index < -0.39 is 0 Å². The second-order valence-corrected chi connectivity index (χ2v) is 6.15. The van der Waals surface area contributed by atoms with E-state index >= 15 is 0 Å². The van der Waals surface area contributed by atoms with Gasteiger partial charge in [0.2, 0.25) is 0 Å². The summed E-state index contributed by atoms with van der Waals surface area (Å²) in [5, 5.41) is 0. The van der Waals surface area contributed by atoms with Crippen molar-refractivity contribution < 1.29 is 4.42 Å². The molecule has 2 atom stereocenters. The molecule has 0 bridgehead atoms. The Morgan fingerprint density at radius 3 is 2.43 bits per heavy atom. The van der Waals surface area contributed by atoms with Crippen molar-refractivity contribution in [3.8, 4) is 0 Å². The van der Waals surface area contributed by atoms with Crippen LogP contribution in [-0.2, 0) is 13.1 Å². The van der Waals surface area contributed by atoms with E-state index in [9.17, 15) is 0 Å². The van der Waals surface area contributed by atoms with Crippen LogP contribution in [-0.4, -0.2) is 40.0 Å². The quantitative estimate of drug-likeness (QED) is 0.863. The van der Waals surface area contributed by atoms with Gasteiger partial charge < -0.3 is 4.42 Å². The summed E-state index contributed by atoms with van der Waals surface area (Å²) < 4.78 is 5.19. The Morgan fingerprint density at radius 2 is 1.81 bits per heavy atom. The molecule has 2 aromatic heterocycles. The largest absolute Gasteiger partial charge is 0.472 e. The lowest BCUT2D eigenvalue weighted by Crippen LogP contribution is -2.35. The molecule has 4 heteroatoms. The van der Waals surface area contributed by atoms with Gasteiger partial charge in [0.1, 0.15) is 0 Å². The Kier molecular flexibility index (Phi) is 3.49. The van der Waals surface area contributed by atoms with E-state index in [0.717, 1.165) is 13.1 Å². The lowest BCUT2D eigenvalue weighted by molar-refractivity contribution is 0.212. The van der Waals surface area contributed by atoms with Gasteiger partial charge in [0.15, 0.2) is 0 Å². The Balaban J connectivity index is 1.41. The number of pyridine rings is 1. The van der Waals surface area contributed by atoms with Crippen molar-refractivity contribution in [3.63, 3.8) is 0 Å². The molecular weight excluding hydrogens is 262 g/mol. The van der Waals surface area contributed by atoms with E-state index in [4.69, 9.17) is 4.42 Å². The van der Waals surface area contributed by atoms with Crippen LogP contribution in [0.1, 0.15) is 24.0 Å². The zero-order valence-corrected chi connectivity index (χ0v) is 12.2. The molecule has 2 aliphatic heterocycles. The van der Waals surface area contributed by atoms with E-state index in [0.29, 0.717) is 12.1 Å². The van der Waals surface area contributed by atoms with Crippen molar-refractivity contribution in [2.45, 2.75) is 38.0 Å². The van der Waals surface area contributed by atoms with Crippen LogP contribution in [0, 0.1) is 0 Å². The van der Waals surface area contributed by atoms with Gasteiger partial charge in [-0.15, -0.1) is 0 Å². The third-order valence-electron chi connectivity index (χ3n) is 4.88. The van der Waals surface area contributed by atoms with Crippen molar-refractivity contribution >= 4 is 0 Å². The minimum absolute atomic E-state index is 0.705. The van der Waals surface area contributed by atoms with Gasteiger partial charge in [0.05, 0.1) is 12.5 Å². The van der Waals surface area contributed by atoms with Crippen LogP contribution in [0.3, 0.4) is 0 Å². The van der Waals surface area contributed by atoms with Crippen LogP contribution >= 0.6 is 0 Å². The van der Waals surface area contributed by atoms with Crippen molar-refractivity contribution in [2.24, 2.45) is 0 Å². The fourth-order valence-electron chi connectivity index (χ4n) is 3.90. The first-order valence-corrected chi connectivity index (χ1v) is 7.78. The van der Waals surface area contributed by atoms with Gasteiger partial charge in [-0.3, -0.25) is 14.8 Å². The molecule has 2 aromatic rings. The van der Waals surface area contributed by atoms with Crippen LogP contribution < -0.4 is 0 Å². The van der Waals surface area contributed by atoms with Crippen LogP contribution in [0.15, 0.2) is 47.5 Å². The molecule has 0 aromatic carbocycles. The molecule has 2 saturated heterocycles. The summed E-state index contributed by atoms with van der Waals surface area (Å²) in [4.78, 5) is 9.49. The maximum Gasteiger partial charge on any atom is 0.0947 e. The topological polar surface area (TPSA) is 32.5 Å². The summed E-state index contributed by atoms with van der Waals surface area (Å²) in [6, 6.07) is 7.70. The molecule has 0 N–H and O–H groups in total. The number of nitrogens with zero attached hydrogens (tertiary/aromatic N) is 3. The summed E-state index contributed by atoms with van der Waals surface area (Å²) in [5.41, 5.74) is 2.62. The zero-order chi connectivity index (χ0) is 14.1. The second-order valence-electron chi connectivity index (χ2n) is 6.15. The molecule has 2 aliphatic rings. The standard InChI is InChI=1S/C17H21N3O/c1-2-14(10-18-6-1)11-19-7-3-17-16(19)4-8-20(17)12-15-5-9-21-13-15/h1-2,5-6,9-10,13,16-17H,3-4,7-8,11-12H2/t16-,17-/m0/s1. The lowest BCUT2D eigenvalue weighted by atomic mass is 10.1. The van der Waals surface area contributed by atoms with E-state index in [1.54, 1.807) is 6.26 Å². The number of furan rings is 1. The Morgan fingerprint density at radius 1 is 1.05 bits per heavy atom. The first kappa shape index (κ1) is 13.0. The number of hydrogen-bond donors (Lipinski definition) is 0. The van der Waals surface area contributed by atoms with Crippen molar-refractivity contribution in [1.29, 1.82) is 0 Å². The average molecular weight is 283 g/mol. The highest BCUT2D eigenvalue weighted by Crippen LogP contribution is 2.33. The summed E-state index contributed by atoms with van der Waals surface area (Å²) in [7, 11) is 0. The number of rotatable bonds is 4.